The van der Waals surface area contributed by atoms with Gasteiger partial charge in [-0.1, -0.05) is 6.92 Å². The molecule has 2 aromatic rings. The number of likely N-dealkylation sites (tertiary alicyclic amines) is 1. The molecular formula is C19H24N4O2S. The number of carbonyl (C=O) groups is 2. The molecule has 2 aliphatic heterocycles. The lowest BCUT2D eigenvalue weighted by molar-refractivity contribution is -0.131. The molecule has 2 aromatic heterocycles. The molecule has 4 heterocycles. The first-order valence-electron chi connectivity index (χ1n) is 9.42. The number of aromatic nitrogens is 2. The van der Waals surface area contributed by atoms with Crippen LogP contribution in [-0.4, -0.2) is 32.8 Å². The second kappa shape index (κ2) is 7.23. The maximum absolute atomic E-state index is 12.7. The summed E-state index contributed by atoms with van der Waals surface area (Å²) in [4.78, 5) is 33.0. The number of nitrogens with one attached hydrogen (secondary N) is 1. The topological polar surface area (TPSA) is 67.2 Å². The van der Waals surface area contributed by atoms with E-state index >= 15 is 0 Å². The van der Waals surface area contributed by atoms with Gasteiger partial charge in [-0.3, -0.25) is 9.59 Å². The van der Waals surface area contributed by atoms with Gasteiger partial charge in [-0.15, -0.1) is 11.3 Å². The number of rotatable bonds is 4. The van der Waals surface area contributed by atoms with E-state index in [0.717, 1.165) is 61.7 Å². The number of amides is 2. The number of nitrogens with zero attached hydrogens (tertiary/aromatic N) is 3. The third kappa shape index (κ3) is 3.16. The Bertz CT molecular complexity index is 825. The molecule has 4 rings (SSSR count). The van der Waals surface area contributed by atoms with E-state index in [-0.39, 0.29) is 17.9 Å². The minimum atomic E-state index is -0.0964. The molecule has 0 aromatic carbocycles. The Labute approximate surface area is 157 Å². The molecule has 0 bridgehead atoms. The Hall–Kier alpha value is -2.15. The van der Waals surface area contributed by atoms with Crippen molar-refractivity contribution in [3.8, 4) is 0 Å². The summed E-state index contributed by atoms with van der Waals surface area (Å²) in [5, 5.41) is 3.01. The van der Waals surface area contributed by atoms with Crippen LogP contribution in [-0.2, 0) is 17.8 Å². The Balaban J connectivity index is 1.48. The molecule has 1 N–H and O–H groups in total. The SMILES string of the molecule is CCC(=O)N1CCCC1c1ccc(C(=O)Nc2cnc3n2CCCC3)s1. The number of fused-ring (bicyclic) bond motifs is 1. The second-order valence-electron chi connectivity index (χ2n) is 6.92. The monoisotopic (exact) mass is 372 g/mol. The Morgan fingerprint density at radius 1 is 1.27 bits per heavy atom. The zero-order chi connectivity index (χ0) is 18.1. The summed E-state index contributed by atoms with van der Waals surface area (Å²) >= 11 is 1.49. The van der Waals surface area contributed by atoms with Gasteiger partial charge in [0.15, 0.2) is 0 Å². The maximum atomic E-state index is 12.7. The molecule has 0 saturated carbocycles. The van der Waals surface area contributed by atoms with Gasteiger partial charge in [0.05, 0.1) is 17.1 Å². The predicted molar refractivity (Wildman–Crippen MR) is 101 cm³/mol. The lowest BCUT2D eigenvalue weighted by atomic mass is 10.2. The molecule has 1 unspecified atom stereocenters. The van der Waals surface area contributed by atoms with Gasteiger partial charge in [-0.2, -0.15) is 0 Å². The van der Waals surface area contributed by atoms with Gasteiger partial charge in [0.2, 0.25) is 5.91 Å². The first-order valence-corrected chi connectivity index (χ1v) is 10.2. The zero-order valence-electron chi connectivity index (χ0n) is 15.0. The Kier molecular flexibility index (Phi) is 4.80. The molecule has 2 amide bonds. The first-order chi connectivity index (χ1) is 12.7. The summed E-state index contributed by atoms with van der Waals surface area (Å²) in [5.74, 6) is 1.93. The molecule has 1 fully saturated rings. The van der Waals surface area contributed by atoms with E-state index in [1.807, 2.05) is 24.0 Å². The molecule has 7 heteroatoms. The van der Waals surface area contributed by atoms with Gasteiger partial charge in [-0.05, 0) is 37.8 Å². The van der Waals surface area contributed by atoms with Crippen molar-refractivity contribution in [2.75, 3.05) is 11.9 Å². The quantitative estimate of drug-likeness (QED) is 0.891. The standard InChI is InChI=1S/C19H24N4O2S/c1-2-18(24)22-11-5-6-13(22)14-8-9-15(26-14)19(25)21-17-12-20-16-7-3-4-10-23(16)17/h8-9,12-13H,2-7,10-11H2,1H3,(H,21,25). The number of carbonyl (C=O) groups excluding carboxylic acids is 2. The number of hydrogen-bond acceptors (Lipinski definition) is 4. The van der Waals surface area contributed by atoms with Crippen LogP contribution < -0.4 is 5.32 Å². The fourth-order valence-corrected chi connectivity index (χ4v) is 4.96. The Morgan fingerprint density at radius 2 is 2.15 bits per heavy atom. The summed E-state index contributed by atoms with van der Waals surface area (Å²) < 4.78 is 2.11. The van der Waals surface area contributed by atoms with Crippen molar-refractivity contribution >= 4 is 29.0 Å². The number of anilines is 1. The fraction of sp³-hybridized carbons (Fsp3) is 0.526. The average Bonchev–Trinajstić information content (AvgIpc) is 3.40. The molecule has 1 saturated heterocycles. The lowest BCUT2D eigenvalue weighted by Crippen LogP contribution is -2.29. The highest BCUT2D eigenvalue weighted by molar-refractivity contribution is 7.14. The van der Waals surface area contributed by atoms with Crippen molar-refractivity contribution in [3.63, 3.8) is 0 Å². The van der Waals surface area contributed by atoms with Crippen LogP contribution >= 0.6 is 11.3 Å². The highest BCUT2D eigenvalue weighted by Crippen LogP contribution is 2.36. The largest absolute Gasteiger partial charge is 0.335 e. The normalized spacial score (nSPS) is 19.4. The van der Waals surface area contributed by atoms with Crippen molar-refractivity contribution in [1.82, 2.24) is 14.5 Å². The molecule has 1 atom stereocenters. The lowest BCUT2D eigenvalue weighted by Gasteiger charge is -2.23. The van der Waals surface area contributed by atoms with Crippen molar-refractivity contribution < 1.29 is 9.59 Å². The van der Waals surface area contributed by atoms with E-state index < -0.39 is 0 Å². The first kappa shape index (κ1) is 17.3. The van der Waals surface area contributed by atoms with Gasteiger partial charge < -0.3 is 14.8 Å². The van der Waals surface area contributed by atoms with Crippen molar-refractivity contribution in [2.45, 2.75) is 58.0 Å². The van der Waals surface area contributed by atoms with Crippen molar-refractivity contribution in [1.29, 1.82) is 0 Å². The van der Waals surface area contributed by atoms with Gasteiger partial charge in [0.1, 0.15) is 11.6 Å². The van der Waals surface area contributed by atoms with Crippen LogP contribution in [0.15, 0.2) is 18.3 Å². The summed E-state index contributed by atoms with van der Waals surface area (Å²) in [7, 11) is 0. The van der Waals surface area contributed by atoms with Crippen molar-refractivity contribution in [2.24, 2.45) is 0 Å². The maximum Gasteiger partial charge on any atom is 0.266 e. The summed E-state index contributed by atoms with van der Waals surface area (Å²) in [6, 6.07) is 3.99. The molecule has 0 spiro atoms. The van der Waals surface area contributed by atoms with E-state index in [0.29, 0.717) is 11.3 Å². The zero-order valence-corrected chi connectivity index (χ0v) is 15.8. The number of aryl methyl sites for hydroxylation is 1. The molecule has 138 valence electrons. The number of imidazole rings is 1. The van der Waals surface area contributed by atoms with Crippen molar-refractivity contribution in [3.05, 3.63) is 33.9 Å². The third-order valence-electron chi connectivity index (χ3n) is 5.27. The van der Waals surface area contributed by atoms with E-state index in [4.69, 9.17) is 0 Å². The van der Waals surface area contributed by atoms with Gasteiger partial charge in [0.25, 0.3) is 5.91 Å². The van der Waals surface area contributed by atoms with Crippen LogP contribution in [0, 0.1) is 0 Å². The molecule has 0 radical (unpaired) electrons. The Morgan fingerprint density at radius 3 is 3.00 bits per heavy atom. The van der Waals surface area contributed by atoms with E-state index in [2.05, 4.69) is 14.9 Å². The number of hydrogen-bond donors (Lipinski definition) is 1. The second-order valence-corrected chi connectivity index (χ2v) is 8.04. The van der Waals surface area contributed by atoms with E-state index in [1.165, 1.54) is 11.3 Å². The molecule has 6 nitrogen and oxygen atoms in total. The van der Waals surface area contributed by atoms with Crippen LogP contribution in [0.25, 0.3) is 0 Å². The van der Waals surface area contributed by atoms with Gasteiger partial charge in [-0.25, -0.2) is 4.98 Å². The van der Waals surface area contributed by atoms with Crippen LogP contribution in [0.2, 0.25) is 0 Å². The fourth-order valence-electron chi connectivity index (χ4n) is 3.91. The van der Waals surface area contributed by atoms with Gasteiger partial charge >= 0.3 is 0 Å². The molecule has 26 heavy (non-hydrogen) atoms. The van der Waals surface area contributed by atoms with Crippen LogP contribution in [0.5, 0.6) is 0 Å². The minimum absolute atomic E-state index is 0.0964. The highest BCUT2D eigenvalue weighted by atomic mass is 32.1. The van der Waals surface area contributed by atoms with Crippen LogP contribution in [0.1, 0.15) is 65.4 Å². The summed E-state index contributed by atoms with van der Waals surface area (Å²) in [6.07, 6.45) is 7.54. The van der Waals surface area contributed by atoms with Crippen LogP contribution in [0.3, 0.4) is 0 Å². The van der Waals surface area contributed by atoms with E-state index in [1.54, 1.807) is 6.20 Å². The predicted octanol–water partition coefficient (Wildman–Crippen LogP) is 3.61. The van der Waals surface area contributed by atoms with Gasteiger partial charge in [0, 0.05) is 30.8 Å². The van der Waals surface area contributed by atoms with E-state index in [9.17, 15) is 9.59 Å². The smallest absolute Gasteiger partial charge is 0.266 e. The minimum Gasteiger partial charge on any atom is -0.335 e. The summed E-state index contributed by atoms with van der Waals surface area (Å²) in [5.41, 5.74) is 0. The third-order valence-corrected chi connectivity index (χ3v) is 6.45. The molecule has 2 aliphatic rings. The average molecular weight is 372 g/mol. The summed E-state index contributed by atoms with van der Waals surface area (Å²) in [6.45, 7) is 3.63. The molecule has 0 aliphatic carbocycles. The number of thiophene rings is 1. The van der Waals surface area contributed by atoms with Crippen LogP contribution in [0.4, 0.5) is 5.82 Å². The highest BCUT2D eigenvalue weighted by Gasteiger charge is 2.30. The molecular weight excluding hydrogens is 348 g/mol.